The second-order valence-corrected chi connectivity index (χ2v) is 5.86. The van der Waals surface area contributed by atoms with Crippen molar-refractivity contribution in [2.24, 2.45) is 13.0 Å². The molecule has 5 nitrogen and oxygen atoms in total. The molecule has 0 aliphatic carbocycles. The molecule has 0 bridgehead atoms. The number of nitrogens with zero attached hydrogens (tertiary/aromatic N) is 2. The summed E-state index contributed by atoms with van der Waals surface area (Å²) in [5.74, 6) is 0.419. The van der Waals surface area contributed by atoms with E-state index in [0.29, 0.717) is 11.6 Å². The number of para-hydroxylation sites is 1. The third-order valence-corrected chi connectivity index (χ3v) is 4.37. The molecule has 1 fully saturated rings. The Morgan fingerprint density at radius 1 is 1.48 bits per heavy atom. The summed E-state index contributed by atoms with van der Waals surface area (Å²) < 4.78 is 1.76. The molecule has 1 aliphatic rings. The Hall–Kier alpha value is -1.88. The maximum Gasteiger partial charge on any atom is 0.272 e. The zero-order valence-corrected chi connectivity index (χ0v) is 12.6. The van der Waals surface area contributed by atoms with Crippen LogP contribution < -0.4 is 10.6 Å². The van der Waals surface area contributed by atoms with Gasteiger partial charge in [-0.15, -0.1) is 0 Å². The number of aryl methyl sites for hydroxylation is 1. The summed E-state index contributed by atoms with van der Waals surface area (Å²) in [6, 6.07) is 7.99. The lowest BCUT2D eigenvalue weighted by Gasteiger charge is -2.28. The fraction of sp³-hybridized carbons (Fsp3) is 0.500. The number of carbonyl (C=O) groups is 1. The predicted molar refractivity (Wildman–Crippen MR) is 83.2 cm³/mol. The smallest absolute Gasteiger partial charge is 0.272 e. The number of benzene rings is 1. The van der Waals surface area contributed by atoms with Crippen molar-refractivity contribution in [2.75, 3.05) is 13.1 Å². The van der Waals surface area contributed by atoms with E-state index in [1.54, 1.807) is 4.68 Å². The summed E-state index contributed by atoms with van der Waals surface area (Å²) in [6.45, 7) is 4.15. The van der Waals surface area contributed by atoms with Gasteiger partial charge in [0.1, 0.15) is 0 Å². The molecule has 2 heterocycles. The quantitative estimate of drug-likeness (QED) is 0.903. The van der Waals surface area contributed by atoms with E-state index in [2.05, 4.69) is 22.7 Å². The molecular weight excluding hydrogens is 264 g/mol. The molecule has 2 N–H and O–H groups in total. The van der Waals surface area contributed by atoms with Crippen LogP contribution in [0.2, 0.25) is 0 Å². The summed E-state index contributed by atoms with van der Waals surface area (Å²) in [6.07, 6.45) is 2.34. The minimum absolute atomic E-state index is 0.0788. The van der Waals surface area contributed by atoms with Gasteiger partial charge in [0.2, 0.25) is 0 Å². The summed E-state index contributed by atoms with van der Waals surface area (Å²) in [7, 11) is 1.87. The van der Waals surface area contributed by atoms with E-state index in [-0.39, 0.29) is 11.9 Å². The lowest BCUT2D eigenvalue weighted by molar-refractivity contribution is 0.0917. The lowest BCUT2D eigenvalue weighted by atomic mass is 9.93. The van der Waals surface area contributed by atoms with Crippen LogP contribution in [0.5, 0.6) is 0 Å². The van der Waals surface area contributed by atoms with Crippen LogP contribution in [0.15, 0.2) is 24.3 Å². The molecule has 112 valence electrons. The van der Waals surface area contributed by atoms with Crippen LogP contribution >= 0.6 is 0 Å². The lowest BCUT2D eigenvalue weighted by Crippen LogP contribution is -2.44. The van der Waals surface area contributed by atoms with Gasteiger partial charge in [0, 0.05) is 18.5 Å². The van der Waals surface area contributed by atoms with Crippen LogP contribution in [-0.4, -0.2) is 34.8 Å². The first-order chi connectivity index (χ1) is 10.2. The molecule has 1 aromatic carbocycles. The Labute approximate surface area is 124 Å². The molecule has 5 heteroatoms. The van der Waals surface area contributed by atoms with Gasteiger partial charge < -0.3 is 10.6 Å². The highest BCUT2D eigenvalue weighted by molar-refractivity contribution is 6.04. The number of fused-ring (bicyclic) bond motifs is 1. The summed E-state index contributed by atoms with van der Waals surface area (Å²) >= 11 is 0. The van der Waals surface area contributed by atoms with Crippen molar-refractivity contribution >= 4 is 16.8 Å². The summed E-state index contributed by atoms with van der Waals surface area (Å²) in [5.41, 5.74) is 1.50. The van der Waals surface area contributed by atoms with E-state index in [4.69, 9.17) is 0 Å². The Morgan fingerprint density at radius 3 is 3.05 bits per heavy atom. The number of hydrogen-bond acceptors (Lipinski definition) is 3. The predicted octanol–water partition coefficient (Wildman–Crippen LogP) is 1.69. The molecule has 3 rings (SSSR count). The maximum atomic E-state index is 12.5. The zero-order chi connectivity index (χ0) is 14.8. The second kappa shape index (κ2) is 5.85. The summed E-state index contributed by atoms with van der Waals surface area (Å²) in [4.78, 5) is 12.5. The monoisotopic (exact) mass is 286 g/mol. The molecule has 0 spiro atoms. The standard InChI is InChI=1S/C16H22N4O/c1-11(12-6-5-9-17-10-12)18-16(21)15-13-7-3-4-8-14(13)20(2)19-15/h3-4,7-8,11-12,17H,5-6,9-10H2,1-2H3,(H,18,21). The van der Waals surface area contributed by atoms with Gasteiger partial charge in [-0.1, -0.05) is 18.2 Å². The van der Waals surface area contributed by atoms with Gasteiger partial charge in [-0.05, 0) is 44.8 Å². The van der Waals surface area contributed by atoms with Crippen LogP contribution in [0, 0.1) is 5.92 Å². The molecule has 0 radical (unpaired) electrons. The van der Waals surface area contributed by atoms with Gasteiger partial charge in [-0.2, -0.15) is 5.10 Å². The average Bonchev–Trinajstić information content (AvgIpc) is 2.86. The highest BCUT2D eigenvalue weighted by atomic mass is 16.2. The fourth-order valence-corrected chi connectivity index (χ4v) is 3.08. The van der Waals surface area contributed by atoms with Crippen LogP contribution in [0.4, 0.5) is 0 Å². The first kappa shape index (κ1) is 14.1. The Balaban J connectivity index is 1.77. The number of carbonyl (C=O) groups excluding carboxylic acids is 1. The zero-order valence-electron chi connectivity index (χ0n) is 12.6. The van der Waals surface area contributed by atoms with Crippen LogP contribution in [0.25, 0.3) is 10.9 Å². The fourth-order valence-electron chi connectivity index (χ4n) is 3.08. The van der Waals surface area contributed by atoms with E-state index in [1.165, 1.54) is 6.42 Å². The molecule has 2 unspecified atom stereocenters. The average molecular weight is 286 g/mol. The van der Waals surface area contributed by atoms with Crippen molar-refractivity contribution in [2.45, 2.75) is 25.8 Å². The van der Waals surface area contributed by atoms with Crippen LogP contribution in [-0.2, 0) is 7.05 Å². The molecule has 2 atom stereocenters. The van der Waals surface area contributed by atoms with Crippen molar-refractivity contribution in [3.63, 3.8) is 0 Å². The highest BCUT2D eigenvalue weighted by Gasteiger charge is 2.23. The number of hydrogen-bond donors (Lipinski definition) is 2. The van der Waals surface area contributed by atoms with Gasteiger partial charge in [-0.25, -0.2) is 0 Å². The van der Waals surface area contributed by atoms with Gasteiger partial charge in [-0.3, -0.25) is 9.48 Å². The first-order valence-electron chi connectivity index (χ1n) is 7.60. The Morgan fingerprint density at radius 2 is 2.29 bits per heavy atom. The minimum Gasteiger partial charge on any atom is -0.348 e. The summed E-state index contributed by atoms with van der Waals surface area (Å²) in [5, 5.41) is 11.8. The number of nitrogens with one attached hydrogen (secondary N) is 2. The SMILES string of the molecule is CC(NC(=O)c1nn(C)c2ccccc12)C1CCCNC1. The normalized spacial score (nSPS) is 20.4. The number of amides is 1. The van der Waals surface area contributed by atoms with E-state index in [0.717, 1.165) is 30.4 Å². The van der Waals surface area contributed by atoms with Gasteiger partial charge in [0.05, 0.1) is 5.52 Å². The van der Waals surface area contributed by atoms with Crippen molar-refractivity contribution in [3.05, 3.63) is 30.0 Å². The molecule has 21 heavy (non-hydrogen) atoms. The van der Waals surface area contributed by atoms with E-state index in [9.17, 15) is 4.79 Å². The van der Waals surface area contributed by atoms with Crippen LogP contribution in [0.1, 0.15) is 30.3 Å². The van der Waals surface area contributed by atoms with E-state index >= 15 is 0 Å². The molecule has 1 amide bonds. The Kier molecular flexibility index (Phi) is 3.92. The van der Waals surface area contributed by atoms with E-state index < -0.39 is 0 Å². The highest BCUT2D eigenvalue weighted by Crippen LogP contribution is 2.19. The van der Waals surface area contributed by atoms with Crippen LogP contribution in [0.3, 0.4) is 0 Å². The first-order valence-corrected chi connectivity index (χ1v) is 7.60. The van der Waals surface area contributed by atoms with Gasteiger partial charge in [0.15, 0.2) is 5.69 Å². The number of aromatic nitrogens is 2. The number of rotatable bonds is 3. The van der Waals surface area contributed by atoms with Crippen molar-refractivity contribution in [1.29, 1.82) is 0 Å². The number of piperidine rings is 1. The van der Waals surface area contributed by atoms with Gasteiger partial charge >= 0.3 is 0 Å². The third kappa shape index (κ3) is 2.78. The molecule has 1 aliphatic heterocycles. The topological polar surface area (TPSA) is 59.0 Å². The van der Waals surface area contributed by atoms with Crippen molar-refractivity contribution in [1.82, 2.24) is 20.4 Å². The third-order valence-electron chi connectivity index (χ3n) is 4.37. The van der Waals surface area contributed by atoms with Gasteiger partial charge in [0.25, 0.3) is 5.91 Å². The molecule has 1 saturated heterocycles. The molecule has 2 aromatic rings. The Bertz CT molecular complexity index is 643. The maximum absolute atomic E-state index is 12.5. The van der Waals surface area contributed by atoms with E-state index in [1.807, 2.05) is 31.3 Å². The molecular formula is C16H22N4O. The second-order valence-electron chi connectivity index (χ2n) is 5.86. The largest absolute Gasteiger partial charge is 0.348 e. The van der Waals surface area contributed by atoms with Crippen molar-refractivity contribution < 1.29 is 4.79 Å². The molecule has 0 saturated carbocycles. The molecule has 1 aromatic heterocycles. The van der Waals surface area contributed by atoms with Crippen molar-refractivity contribution in [3.8, 4) is 0 Å². The minimum atomic E-state index is -0.0788.